The van der Waals surface area contributed by atoms with Gasteiger partial charge in [-0.25, -0.2) is 0 Å². The average Bonchev–Trinajstić information content (AvgIpc) is 4.03. The van der Waals surface area contributed by atoms with Gasteiger partial charge in [0.25, 0.3) is 0 Å². The van der Waals surface area contributed by atoms with Gasteiger partial charge in [-0.05, 0) is 119 Å². The van der Waals surface area contributed by atoms with E-state index in [-0.39, 0.29) is 0 Å². The predicted molar refractivity (Wildman–Crippen MR) is 236 cm³/mol. The van der Waals surface area contributed by atoms with E-state index in [2.05, 4.69) is 143 Å². The third kappa shape index (κ3) is 4.42. The lowest BCUT2D eigenvalue weighted by Crippen LogP contribution is -1.94. The summed E-state index contributed by atoms with van der Waals surface area (Å²) in [7, 11) is 0. The maximum Gasteiger partial charge on any atom is 0.135 e. The Morgan fingerprint density at radius 1 is 0.328 bits per heavy atom. The Kier molecular flexibility index (Phi) is 6.35. The maximum absolute atomic E-state index is 6.17. The first kappa shape index (κ1) is 31.3. The molecular formula is C52H30N4O2. The highest BCUT2D eigenvalue weighted by molar-refractivity contribution is 6.12. The number of benzene rings is 7. The minimum absolute atomic E-state index is 0.880. The van der Waals surface area contributed by atoms with Crippen LogP contribution in [0.1, 0.15) is 0 Å². The van der Waals surface area contributed by atoms with E-state index in [4.69, 9.17) is 18.8 Å². The molecule has 13 aromatic rings. The Labute approximate surface area is 330 Å². The molecule has 0 radical (unpaired) electrons. The van der Waals surface area contributed by atoms with Crippen molar-refractivity contribution in [2.45, 2.75) is 0 Å². The summed E-state index contributed by atoms with van der Waals surface area (Å²) in [5, 5.41) is 6.62. The van der Waals surface area contributed by atoms with E-state index >= 15 is 0 Å². The van der Waals surface area contributed by atoms with Crippen LogP contribution in [0.4, 0.5) is 0 Å². The van der Waals surface area contributed by atoms with Crippen LogP contribution in [0, 0.1) is 0 Å². The van der Waals surface area contributed by atoms with Gasteiger partial charge < -0.3 is 18.0 Å². The van der Waals surface area contributed by atoms with Crippen molar-refractivity contribution < 1.29 is 8.83 Å². The first-order chi connectivity index (χ1) is 28.7. The van der Waals surface area contributed by atoms with Crippen molar-refractivity contribution in [1.29, 1.82) is 0 Å². The van der Waals surface area contributed by atoms with E-state index in [9.17, 15) is 0 Å². The Balaban J connectivity index is 0.963. The fourth-order valence-electron chi connectivity index (χ4n) is 9.25. The SMILES string of the molecule is c1ccc(-c2ccc3c(c2)c2ncccc2n3-c2ccc3oc4ccccc4c3c2)c(-c2ccc3c(c2)c2ncccc2n3-c2ccc3oc4ccccc4c3c2)c1. The van der Waals surface area contributed by atoms with E-state index in [1.165, 1.54) is 0 Å². The Morgan fingerprint density at radius 3 is 1.28 bits per heavy atom. The van der Waals surface area contributed by atoms with E-state index in [1.807, 2.05) is 48.8 Å². The minimum atomic E-state index is 0.880. The summed E-state index contributed by atoms with van der Waals surface area (Å²) in [4.78, 5) is 9.88. The summed E-state index contributed by atoms with van der Waals surface area (Å²) in [6, 6.07) is 59.9. The smallest absolute Gasteiger partial charge is 0.135 e. The van der Waals surface area contributed by atoms with Gasteiger partial charge in [0.2, 0.25) is 0 Å². The number of hydrogen-bond acceptors (Lipinski definition) is 4. The van der Waals surface area contributed by atoms with Crippen LogP contribution in [-0.2, 0) is 0 Å². The zero-order valence-corrected chi connectivity index (χ0v) is 30.9. The highest BCUT2D eigenvalue weighted by Gasteiger charge is 2.19. The van der Waals surface area contributed by atoms with Crippen LogP contribution < -0.4 is 0 Å². The molecule has 270 valence electrons. The first-order valence-corrected chi connectivity index (χ1v) is 19.5. The van der Waals surface area contributed by atoms with Gasteiger partial charge in [-0.2, -0.15) is 0 Å². The molecule has 0 aliphatic carbocycles. The molecule has 0 unspecified atom stereocenters. The fraction of sp³-hybridized carbons (Fsp3) is 0. The number of nitrogens with zero attached hydrogens (tertiary/aromatic N) is 4. The summed E-state index contributed by atoms with van der Waals surface area (Å²) in [6.07, 6.45) is 3.77. The topological polar surface area (TPSA) is 61.9 Å². The summed E-state index contributed by atoms with van der Waals surface area (Å²) < 4.78 is 17.0. The normalized spacial score (nSPS) is 12.1. The Morgan fingerprint density at radius 2 is 0.776 bits per heavy atom. The molecule has 6 nitrogen and oxygen atoms in total. The lowest BCUT2D eigenvalue weighted by molar-refractivity contribution is 0.668. The molecule has 0 aliphatic rings. The first-order valence-electron chi connectivity index (χ1n) is 19.5. The molecule has 0 aliphatic heterocycles. The van der Waals surface area contributed by atoms with Gasteiger partial charge in [0, 0.05) is 56.1 Å². The van der Waals surface area contributed by atoms with E-state index < -0.39 is 0 Å². The van der Waals surface area contributed by atoms with Crippen molar-refractivity contribution in [2.75, 3.05) is 0 Å². The van der Waals surface area contributed by atoms with Crippen LogP contribution in [0.5, 0.6) is 0 Å². The standard InChI is InChI=1S/C52H30N4O2/c1-2-10-36(32-18-22-44-42(28-32)52-46(14-8-26-54-52)56(44)34-20-24-50-40(30-34)38-12-4-6-16-48(38)58-50)35(9-1)31-17-21-43-41(27-31)51-45(13-7-25-53-51)55(43)33-19-23-49-39(29-33)37-11-3-5-15-47(37)57-49/h1-30H. The molecule has 7 aromatic carbocycles. The summed E-state index contributed by atoms with van der Waals surface area (Å²) >= 11 is 0. The number of aromatic nitrogens is 4. The van der Waals surface area contributed by atoms with Crippen LogP contribution in [0.3, 0.4) is 0 Å². The molecule has 6 heterocycles. The summed E-state index contributed by atoms with van der Waals surface area (Å²) in [5.74, 6) is 0. The van der Waals surface area contributed by atoms with Crippen molar-refractivity contribution in [2.24, 2.45) is 0 Å². The number of furan rings is 2. The van der Waals surface area contributed by atoms with Gasteiger partial charge >= 0.3 is 0 Å². The second-order valence-corrected chi connectivity index (χ2v) is 15.0. The summed E-state index contributed by atoms with van der Waals surface area (Å²) in [6.45, 7) is 0. The lowest BCUT2D eigenvalue weighted by Gasteiger charge is -2.12. The van der Waals surface area contributed by atoms with Gasteiger partial charge in [0.15, 0.2) is 0 Å². The van der Waals surface area contributed by atoms with Crippen LogP contribution in [-0.4, -0.2) is 19.1 Å². The third-order valence-electron chi connectivity index (χ3n) is 11.8. The largest absolute Gasteiger partial charge is 0.456 e. The zero-order valence-electron chi connectivity index (χ0n) is 30.9. The molecule has 0 atom stereocenters. The predicted octanol–water partition coefficient (Wildman–Crippen LogP) is 13.8. The molecule has 0 N–H and O–H groups in total. The number of para-hydroxylation sites is 2. The molecule has 0 saturated carbocycles. The number of rotatable bonds is 4. The molecule has 13 rings (SSSR count). The van der Waals surface area contributed by atoms with E-state index in [0.717, 1.165) is 121 Å². The van der Waals surface area contributed by atoms with Crippen molar-refractivity contribution >= 4 is 87.7 Å². The van der Waals surface area contributed by atoms with Gasteiger partial charge in [-0.1, -0.05) is 72.8 Å². The average molecular weight is 743 g/mol. The van der Waals surface area contributed by atoms with Crippen molar-refractivity contribution in [3.8, 4) is 33.6 Å². The fourth-order valence-corrected chi connectivity index (χ4v) is 9.25. The van der Waals surface area contributed by atoms with Crippen LogP contribution in [0.15, 0.2) is 191 Å². The third-order valence-corrected chi connectivity index (χ3v) is 11.8. The number of pyridine rings is 2. The Bertz CT molecular complexity index is 3570. The van der Waals surface area contributed by atoms with Crippen LogP contribution in [0.25, 0.3) is 121 Å². The van der Waals surface area contributed by atoms with Crippen molar-refractivity contribution in [3.63, 3.8) is 0 Å². The van der Waals surface area contributed by atoms with Gasteiger partial charge in [-0.15, -0.1) is 0 Å². The van der Waals surface area contributed by atoms with Gasteiger partial charge in [-0.3, -0.25) is 9.97 Å². The number of hydrogen-bond donors (Lipinski definition) is 0. The maximum atomic E-state index is 6.17. The van der Waals surface area contributed by atoms with Crippen LogP contribution in [0.2, 0.25) is 0 Å². The van der Waals surface area contributed by atoms with Crippen LogP contribution >= 0.6 is 0 Å². The molecule has 0 spiro atoms. The highest BCUT2D eigenvalue weighted by atomic mass is 16.3. The highest BCUT2D eigenvalue weighted by Crippen LogP contribution is 2.41. The molecule has 58 heavy (non-hydrogen) atoms. The summed E-state index contributed by atoms with van der Waals surface area (Å²) in [5.41, 5.74) is 16.5. The minimum Gasteiger partial charge on any atom is -0.456 e. The van der Waals surface area contributed by atoms with Crippen molar-refractivity contribution in [1.82, 2.24) is 19.1 Å². The Hall–Kier alpha value is -7.96. The van der Waals surface area contributed by atoms with Crippen molar-refractivity contribution in [3.05, 3.63) is 182 Å². The van der Waals surface area contributed by atoms with Gasteiger partial charge in [0.1, 0.15) is 22.3 Å². The molecule has 6 aromatic heterocycles. The lowest BCUT2D eigenvalue weighted by atomic mass is 9.93. The van der Waals surface area contributed by atoms with E-state index in [1.54, 1.807) is 0 Å². The number of fused-ring (bicyclic) bond motifs is 12. The second kappa shape index (κ2) is 11.8. The van der Waals surface area contributed by atoms with E-state index in [0.29, 0.717) is 0 Å². The molecular weight excluding hydrogens is 713 g/mol. The molecule has 0 saturated heterocycles. The molecule has 0 bridgehead atoms. The monoisotopic (exact) mass is 742 g/mol. The van der Waals surface area contributed by atoms with Gasteiger partial charge in [0.05, 0.1) is 33.1 Å². The zero-order chi connectivity index (χ0) is 37.9. The quantitative estimate of drug-likeness (QED) is 0.180. The molecule has 0 fully saturated rings. The molecule has 6 heteroatoms. The molecule has 0 amide bonds. The second-order valence-electron chi connectivity index (χ2n) is 15.0.